The average Bonchev–Trinajstić information content (AvgIpc) is 3.29. The standard InChI is InChI=1S/C21H15ClF2N2O5S/c22-15-10-14(6-7-16(15)31-21(23)24)25-18(27)11-30-20(29)12-3-1-4-13(9-12)26-19(28)17-5-2-8-32-17/h1-10,21H,11H2,(H,25,27)(H,26,28). The van der Waals surface area contributed by atoms with Crippen LogP contribution < -0.4 is 15.4 Å². The first-order valence-electron chi connectivity index (χ1n) is 8.98. The second-order valence-corrected chi connectivity index (χ2v) is 7.52. The van der Waals surface area contributed by atoms with Crippen LogP contribution in [0.5, 0.6) is 5.75 Å². The third-order valence-corrected chi connectivity index (χ3v) is 5.03. The number of anilines is 2. The van der Waals surface area contributed by atoms with Crippen molar-refractivity contribution in [2.45, 2.75) is 6.61 Å². The Kier molecular flexibility index (Phi) is 7.74. The van der Waals surface area contributed by atoms with Crippen molar-refractivity contribution in [2.24, 2.45) is 0 Å². The van der Waals surface area contributed by atoms with Crippen molar-refractivity contribution in [3.63, 3.8) is 0 Å². The van der Waals surface area contributed by atoms with Gasteiger partial charge in [-0.3, -0.25) is 9.59 Å². The fourth-order valence-corrected chi connectivity index (χ4v) is 3.35. The van der Waals surface area contributed by atoms with Crippen LogP contribution in [0.4, 0.5) is 20.2 Å². The highest BCUT2D eigenvalue weighted by Gasteiger charge is 2.14. The van der Waals surface area contributed by atoms with Gasteiger partial charge < -0.3 is 20.1 Å². The molecule has 32 heavy (non-hydrogen) atoms. The molecule has 2 aromatic carbocycles. The SMILES string of the molecule is O=C(COC(=O)c1cccc(NC(=O)c2cccs2)c1)Nc1ccc(OC(F)F)c(Cl)c1. The van der Waals surface area contributed by atoms with Crippen LogP contribution in [0.2, 0.25) is 5.02 Å². The van der Waals surface area contributed by atoms with Crippen LogP contribution in [0.3, 0.4) is 0 Å². The number of hydrogen-bond donors (Lipinski definition) is 2. The minimum absolute atomic E-state index is 0.124. The van der Waals surface area contributed by atoms with Crippen LogP contribution in [0, 0.1) is 0 Å². The molecule has 0 saturated heterocycles. The largest absolute Gasteiger partial charge is 0.452 e. The zero-order chi connectivity index (χ0) is 23.1. The molecule has 0 aliphatic rings. The van der Waals surface area contributed by atoms with E-state index in [1.165, 1.54) is 41.7 Å². The van der Waals surface area contributed by atoms with Gasteiger partial charge in [-0.2, -0.15) is 8.78 Å². The van der Waals surface area contributed by atoms with Gasteiger partial charge in [-0.05, 0) is 47.8 Å². The minimum atomic E-state index is -3.03. The van der Waals surface area contributed by atoms with E-state index in [2.05, 4.69) is 15.4 Å². The maximum absolute atomic E-state index is 12.3. The van der Waals surface area contributed by atoms with E-state index in [4.69, 9.17) is 16.3 Å². The number of thiophene rings is 1. The second kappa shape index (κ2) is 10.7. The highest BCUT2D eigenvalue weighted by molar-refractivity contribution is 7.12. The molecule has 0 bridgehead atoms. The maximum Gasteiger partial charge on any atom is 0.387 e. The van der Waals surface area contributed by atoms with E-state index in [0.717, 1.165) is 0 Å². The Morgan fingerprint density at radius 1 is 1.00 bits per heavy atom. The number of nitrogens with one attached hydrogen (secondary N) is 2. The van der Waals surface area contributed by atoms with E-state index in [-0.39, 0.29) is 27.9 Å². The van der Waals surface area contributed by atoms with E-state index in [1.54, 1.807) is 29.6 Å². The van der Waals surface area contributed by atoms with Crippen LogP contribution in [0.25, 0.3) is 0 Å². The summed E-state index contributed by atoms with van der Waals surface area (Å²) >= 11 is 7.10. The van der Waals surface area contributed by atoms with Gasteiger partial charge in [-0.15, -0.1) is 11.3 Å². The fourth-order valence-electron chi connectivity index (χ4n) is 2.51. The first-order valence-corrected chi connectivity index (χ1v) is 10.2. The number of rotatable bonds is 8. The van der Waals surface area contributed by atoms with Gasteiger partial charge in [0.05, 0.1) is 15.5 Å². The molecule has 0 radical (unpaired) electrons. The summed E-state index contributed by atoms with van der Waals surface area (Å²) in [5, 5.41) is 6.74. The smallest absolute Gasteiger partial charge is 0.387 e. The van der Waals surface area contributed by atoms with Gasteiger partial charge in [0.1, 0.15) is 5.75 Å². The third-order valence-electron chi connectivity index (χ3n) is 3.87. The molecule has 2 N–H and O–H groups in total. The number of esters is 1. The van der Waals surface area contributed by atoms with E-state index >= 15 is 0 Å². The Morgan fingerprint density at radius 2 is 1.78 bits per heavy atom. The van der Waals surface area contributed by atoms with Crippen molar-refractivity contribution in [1.29, 1.82) is 0 Å². The predicted molar refractivity (Wildman–Crippen MR) is 116 cm³/mol. The summed E-state index contributed by atoms with van der Waals surface area (Å²) in [6.45, 7) is -3.63. The molecule has 0 atom stereocenters. The molecule has 3 aromatic rings. The molecule has 0 aliphatic carbocycles. The zero-order valence-electron chi connectivity index (χ0n) is 16.1. The third kappa shape index (κ3) is 6.50. The predicted octanol–water partition coefficient (Wildman–Crippen LogP) is 5.05. The molecule has 0 fully saturated rings. The van der Waals surface area contributed by atoms with Gasteiger partial charge in [-0.25, -0.2) is 4.79 Å². The molecule has 3 rings (SSSR count). The molecular formula is C21H15ClF2N2O5S. The lowest BCUT2D eigenvalue weighted by molar-refractivity contribution is -0.119. The zero-order valence-corrected chi connectivity index (χ0v) is 17.7. The summed E-state index contributed by atoms with van der Waals surface area (Å²) in [5.74, 6) is -1.99. The number of carbonyl (C=O) groups is 3. The number of halogens is 3. The Bertz CT molecular complexity index is 1130. The van der Waals surface area contributed by atoms with E-state index in [0.29, 0.717) is 10.6 Å². The number of alkyl halides is 2. The molecule has 7 nitrogen and oxygen atoms in total. The van der Waals surface area contributed by atoms with Gasteiger partial charge in [-0.1, -0.05) is 23.7 Å². The molecule has 1 heterocycles. The fraction of sp³-hybridized carbons (Fsp3) is 0.0952. The van der Waals surface area contributed by atoms with Crippen molar-refractivity contribution in [3.8, 4) is 5.75 Å². The summed E-state index contributed by atoms with van der Waals surface area (Å²) in [7, 11) is 0. The summed E-state index contributed by atoms with van der Waals surface area (Å²) in [6, 6.07) is 13.2. The first-order chi connectivity index (χ1) is 15.3. The molecule has 0 saturated carbocycles. The lowest BCUT2D eigenvalue weighted by Gasteiger charge is -2.10. The number of amides is 2. The molecule has 166 valence electrons. The van der Waals surface area contributed by atoms with E-state index < -0.39 is 25.1 Å². The molecule has 0 unspecified atom stereocenters. The second-order valence-electron chi connectivity index (χ2n) is 6.16. The van der Waals surface area contributed by atoms with Crippen molar-refractivity contribution < 1.29 is 32.6 Å². The highest BCUT2D eigenvalue weighted by Crippen LogP contribution is 2.29. The van der Waals surface area contributed by atoms with Gasteiger partial charge in [0.25, 0.3) is 11.8 Å². The highest BCUT2D eigenvalue weighted by atomic mass is 35.5. The Morgan fingerprint density at radius 3 is 2.47 bits per heavy atom. The van der Waals surface area contributed by atoms with Crippen molar-refractivity contribution in [2.75, 3.05) is 17.2 Å². The monoisotopic (exact) mass is 480 g/mol. The number of carbonyl (C=O) groups excluding carboxylic acids is 3. The summed E-state index contributed by atoms with van der Waals surface area (Å²) in [5.41, 5.74) is 0.734. The van der Waals surface area contributed by atoms with Gasteiger partial charge in [0.15, 0.2) is 6.61 Å². The first kappa shape index (κ1) is 23.2. The minimum Gasteiger partial charge on any atom is -0.452 e. The summed E-state index contributed by atoms with van der Waals surface area (Å²) in [6.07, 6.45) is 0. The van der Waals surface area contributed by atoms with Crippen LogP contribution >= 0.6 is 22.9 Å². The molecule has 0 spiro atoms. The Labute approximate surface area is 189 Å². The molecule has 1 aromatic heterocycles. The van der Waals surface area contributed by atoms with Crippen LogP contribution in [-0.2, 0) is 9.53 Å². The summed E-state index contributed by atoms with van der Waals surface area (Å²) < 4.78 is 33.7. The quantitative estimate of drug-likeness (QED) is 0.440. The van der Waals surface area contributed by atoms with Gasteiger partial charge >= 0.3 is 12.6 Å². The average molecular weight is 481 g/mol. The van der Waals surface area contributed by atoms with E-state index in [9.17, 15) is 23.2 Å². The molecule has 11 heteroatoms. The number of ether oxygens (including phenoxy) is 2. The van der Waals surface area contributed by atoms with Crippen molar-refractivity contribution in [1.82, 2.24) is 0 Å². The van der Waals surface area contributed by atoms with Crippen LogP contribution in [0.1, 0.15) is 20.0 Å². The topological polar surface area (TPSA) is 93.7 Å². The maximum atomic E-state index is 12.3. The number of benzene rings is 2. The van der Waals surface area contributed by atoms with Gasteiger partial charge in [0.2, 0.25) is 0 Å². The summed E-state index contributed by atoms with van der Waals surface area (Å²) in [4.78, 5) is 36.9. The molecule has 2 amide bonds. The van der Waals surface area contributed by atoms with Crippen molar-refractivity contribution in [3.05, 3.63) is 75.4 Å². The van der Waals surface area contributed by atoms with Crippen LogP contribution in [-0.4, -0.2) is 31.0 Å². The van der Waals surface area contributed by atoms with Crippen LogP contribution in [0.15, 0.2) is 60.0 Å². The number of hydrogen-bond acceptors (Lipinski definition) is 6. The lowest BCUT2D eigenvalue weighted by atomic mass is 10.2. The Balaban J connectivity index is 1.53. The van der Waals surface area contributed by atoms with Crippen molar-refractivity contribution >= 4 is 52.1 Å². The van der Waals surface area contributed by atoms with E-state index in [1.807, 2.05) is 0 Å². The molecular weight excluding hydrogens is 466 g/mol. The van der Waals surface area contributed by atoms with Gasteiger partial charge in [0, 0.05) is 11.4 Å². The lowest BCUT2D eigenvalue weighted by Crippen LogP contribution is -2.21. The molecule has 0 aliphatic heterocycles. The normalized spacial score (nSPS) is 10.5. The Hall–Kier alpha value is -3.50.